The molecule has 1 N–H and O–H groups in total. The Bertz CT molecular complexity index is 319. The monoisotopic (exact) mass is 319 g/mol. The first-order chi connectivity index (χ1) is 7.78. The van der Waals surface area contributed by atoms with Crippen LogP contribution in [0.25, 0.3) is 0 Å². The number of thioether (sulfide) groups is 1. The zero-order chi connectivity index (χ0) is 11.4. The van der Waals surface area contributed by atoms with Crippen LogP contribution in [-0.4, -0.2) is 17.5 Å². The molecule has 2 rings (SSSR count). The molecule has 90 valence electrons. The number of thiophene rings is 1. The van der Waals surface area contributed by atoms with Crippen molar-refractivity contribution in [3.05, 3.63) is 20.8 Å². The van der Waals surface area contributed by atoms with Gasteiger partial charge in [-0.3, -0.25) is 0 Å². The van der Waals surface area contributed by atoms with Crippen LogP contribution < -0.4 is 5.32 Å². The van der Waals surface area contributed by atoms with Crippen molar-refractivity contribution >= 4 is 39.0 Å². The van der Waals surface area contributed by atoms with Gasteiger partial charge in [0, 0.05) is 32.6 Å². The summed E-state index contributed by atoms with van der Waals surface area (Å²) in [6.45, 7) is 1.03. The molecule has 0 radical (unpaired) electrons. The minimum absolute atomic E-state index is 0.740. The van der Waals surface area contributed by atoms with E-state index >= 15 is 0 Å². The topological polar surface area (TPSA) is 12.0 Å². The summed E-state index contributed by atoms with van der Waals surface area (Å²) in [5.74, 6) is 0. The van der Waals surface area contributed by atoms with E-state index in [4.69, 9.17) is 0 Å². The van der Waals surface area contributed by atoms with Crippen LogP contribution in [0.2, 0.25) is 0 Å². The highest BCUT2D eigenvalue weighted by molar-refractivity contribution is 9.10. The van der Waals surface area contributed by atoms with Gasteiger partial charge in [-0.05, 0) is 53.9 Å². The molecule has 1 aliphatic rings. The van der Waals surface area contributed by atoms with Gasteiger partial charge < -0.3 is 5.32 Å². The van der Waals surface area contributed by atoms with E-state index in [2.05, 4.69) is 38.9 Å². The van der Waals surface area contributed by atoms with Crippen molar-refractivity contribution in [1.82, 2.24) is 5.32 Å². The molecule has 0 spiro atoms. The van der Waals surface area contributed by atoms with E-state index in [0.29, 0.717) is 0 Å². The van der Waals surface area contributed by atoms with Gasteiger partial charge in [-0.25, -0.2) is 0 Å². The van der Waals surface area contributed by atoms with Crippen LogP contribution in [0.1, 0.15) is 30.6 Å². The highest BCUT2D eigenvalue weighted by Gasteiger charge is 2.19. The van der Waals surface area contributed by atoms with Gasteiger partial charge in [0.1, 0.15) is 0 Å². The lowest BCUT2D eigenvalue weighted by Gasteiger charge is -2.28. The average molecular weight is 320 g/mol. The Morgan fingerprint density at radius 2 is 2.19 bits per heavy atom. The maximum atomic E-state index is 3.68. The SMILES string of the molecule is CSC1CCC(NCc2cc(Br)cs2)CC1. The normalized spacial score (nSPS) is 25.9. The molecule has 1 aromatic heterocycles. The van der Waals surface area contributed by atoms with Crippen LogP contribution in [0.4, 0.5) is 0 Å². The van der Waals surface area contributed by atoms with Crippen molar-refractivity contribution in [3.8, 4) is 0 Å². The molecule has 1 heterocycles. The van der Waals surface area contributed by atoms with E-state index in [-0.39, 0.29) is 0 Å². The number of halogens is 1. The lowest BCUT2D eigenvalue weighted by Crippen LogP contribution is -2.33. The predicted molar refractivity (Wildman–Crippen MR) is 78.4 cm³/mol. The van der Waals surface area contributed by atoms with Crippen LogP contribution in [0.15, 0.2) is 15.9 Å². The van der Waals surface area contributed by atoms with Crippen molar-refractivity contribution < 1.29 is 0 Å². The maximum Gasteiger partial charge on any atom is 0.0302 e. The Morgan fingerprint density at radius 1 is 1.44 bits per heavy atom. The first-order valence-electron chi connectivity index (χ1n) is 5.77. The highest BCUT2D eigenvalue weighted by atomic mass is 79.9. The van der Waals surface area contributed by atoms with Crippen molar-refractivity contribution in [2.75, 3.05) is 6.26 Å². The summed E-state index contributed by atoms with van der Waals surface area (Å²) in [6.07, 6.45) is 7.69. The molecule has 1 saturated carbocycles. The Hall–Kier alpha value is 0.490. The Kier molecular flexibility index (Phi) is 5.20. The molecule has 0 saturated heterocycles. The average Bonchev–Trinajstić information content (AvgIpc) is 2.73. The van der Waals surface area contributed by atoms with E-state index < -0.39 is 0 Å². The Labute approximate surface area is 115 Å². The molecule has 1 aromatic rings. The van der Waals surface area contributed by atoms with Crippen LogP contribution in [-0.2, 0) is 6.54 Å². The molecule has 1 nitrogen and oxygen atoms in total. The molecule has 4 heteroatoms. The predicted octanol–water partition coefficient (Wildman–Crippen LogP) is 4.27. The molecule has 1 aliphatic carbocycles. The summed E-state index contributed by atoms with van der Waals surface area (Å²) in [5, 5.41) is 6.74. The maximum absolute atomic E-state index is 3.68. The molecule has 0 amide bonds. The zero-order valence-corrected chi connectivity index (χ0v) is 12.8. The van der Waals surface area contributed by atoms with Crippen LogP contribution in [0.3, 0.4) is 0 Å². The van der Waals surface area contributed by atoms with Gasteiger partial charge in [-0.1, -0.05) is 0 Å². The fraction of sp³-hybridized carbons (Fsp3) is 0.667. The summed E-state index contributed by atoms with van der Waals surface area (Å²) in [4.78, 5) is 1.43. The van der Waals surface area contributed by atoms with Gasteiger partial charge in [0.25, 0.3) is 0 Å². The third-order valence-electron chi connectivity index (χ3n) is 3.19. The second-order valence-corrected chi connectivity index (χ2v) is 7.37. The molecule has 0 atom stereocenters. The van der Waals surface area contributed by atoms with Crippen molar-refractivity contribution in [1.29, 1.82) is 0 Å². The van der Waals surface area contributed by atoms with E-state index in [0.717, 1.165) is 17.8 Å². The Balaban J connectivity index is 1.71. The molecule has 0 bridgehead atoms. The number of rotatable bonds is 4. The first-order valence-corrected chi connectivity index (χ1v) is 8.73. The van der Waals surface area contributed by atoms with Gasteiger partial charge in [-0.2, -0.15) is 11.8 Å². The minimum atomic E-state index is 0.740. The van der Waals surface area contributed by atoms with Crippen LogP contribution in [0.5, 0.6) is 0 Å². The quantitative estimate of drug-likeness (QED) is 0.889. The minimum Gasteiger partial charge on any atom is -0.309 e. The molecular weight excluding hydrogens is 302 g/mol. The summed E-state index contributed by atoms with van der Waals surface area (Å²) in [6, 6.07) is 2.95. The van der Waals surface area contributed by atoms with E-state index in [1.165, 1.54) is 35.0 Å². The number of nitrogens with one attached hydrogen (secondary N) is 1. The molecular formula is C12H18BrNS2. The lowest BCUT2D eigenvalue weighted by molar-refractivity contribution is 0.380. The third kappa shape index (κ3) is 3.76. The molecule has 16 heavy (non-hydrogen) atoms. The largest absolute Gasteiger partial charge is 0.309 e. The molecule has 0 aromatic carbocycles. The van der Waals surface area contributed by atoms with E-state index in [9.17, 15) is 0 Å². The highest BCUT2D eigenvalue weighted by Crippen LogP contribution is 2.27. The number of hydrogen-bond donors (Lipinski definition) is 1. The van der Waals surface area contributed by atoms with Crippen molar-refractivity contribution in [3.63, 3.8) is 0 Å². The summed E-state index contributed by atoms with van der Waals surface area (Å²) in [7, 11) is 0. The van der Waals surface area contributed by atoms with Gasteiger partial charge in [0.05, 0.1) is 0 Å². The van der Waals surface area contributed by atoms with Crippen molar-refractivity contribution in [2.45, 2.75) is 43.5 Å². The van der Waals surface area contributed by atoms with Gasteiger partial charge in [0.15, 0.2) is 0 Å². The number of hydrogen-bond acceptors (Lipinski definition) is 3. The second-order valence-electron chi connectivity index (χ2n) is 4.32. The fourth-order valence-corrected chi connectivity index (χ4v) is 4.34. The standard InChI is InChI=1S/C12H18BrNS2/c1-15-11-4-2-10(3-5-11)14-7-12-6-9(13)8-16-12/h6,8,10-11,14H,2-5,7H2,1H3. The fourth-order valence-electron chi connectivity index (χ4n) is 2.19. The smallest absolute Gasteiger partial charge is 0.0302 e. The van der Waals surface area contributed by atoms with Crippen molar-refractivity contribution in [2.24, 2.45) is 0 Å². The van der Waals surface area contributed by atoms with Crippen LogP contribution in [0, 0.1) is 0 Å². The van der Waals surface area contributed by atoms with E-state index in [1.807, 2.05) is 23.1 Å². The first kappa shape index (κ1) is 12.9. The third-order valence-corrected chi connectivity index (χ3v) is 6.03. The second kappa shape index (κ2) is 6.43. The summed E-state index contributed by atoms with van der Waals surface area (Å²) < 4.78 is 1.21. The zero-order valence-electron chi connectivity index (χ0n) is 9.54. The van der Waals surface area contributed by atoms with Gasteiger partial charge >= 0.3 is 0 Å². The molecule has 1 fully saturated rings. The summed E-state index contributed by atoms with van der Waals surface area (Å²) >= 11 is 7.36. The molecule has 0 aliphatic heterocycles. The molecule has 0 unspecified atom stereocenters. The van der Waals surface area contributed by atoms with Gasteiger partial charge in [-0.15, -0.1) is 11.3 Å². The lowest BCUT2D eigenvalue weighted by atomic mass is 9.95. The van der Waals surface area contributed by atoms with Crippen LogP contribution >= 0.6 is 39.0 Å². The van der Waals surface area contributed by atoms with E-state index in [1.54, 1.807) is 0 Å². The van der Waals surface area contributed by atoms with Gasteiger partial charge in [0.2, 0.25) is 0 Å². The Morgan fingerprint density at radius 3 is 2.75 bits per heavy atom. The summed E-state index contributed by atoms with van der Waals surface area (Å²) in [5.41, 5.74) is 0.